The van der Waals surface area contributed by atoms with Gasteiger partial charge in [-0.25, -0.2) is 0 Å². The molecule has 2 N–H and O–H groups in total. The molecule has 0 amide bonds. The molecular formula is C12H16ClN. The summed E-state index contributed by atoms with van der Waals surface area (Å²) in [4.78, 5) is 0. The summed E-state index contributed by atoms with van der Waals surface area (Å²) in [6, 6.07) is 6.14. The number of benzene rings is 1. The Balaban J connectivity index is 2.45. The molecule has 0 fully saturated rings. The molecule has 1 nitrogen and oxygen atoms in total. The third-order valence-electron chi connectivity index (χ3n) is 3.11. The van der Waals surface area contributed by atoms with Crippen LogP contribution in [-0.2, 0) is 6.42 Å². The van der Waals surface area contributed by atoms with Gasteiger partial charge in [0.25, 0.3) is 0 Å². The Bertz CT molecular complexity index is 352. The van der Waals surface area contributed by atoms with E-state index in [1.165, 1.54) is 11.1 Å². The molecule has 0 saturated carbocycles. The maximum Gasteiger partial charge on any atom is 0.0440 e. The maximum atomic E-state index is 6.16. The molecule has 0 bridgehead atoms. The van der Waals surface area contributed by atoms with Crippen LogP contribution in [0.4, 0.5) is 0 Å². The Hall–Kier alpha value is -0.530. The molecular weight excluding hydrogens is 194 g/mol. The third-order valence-corrected chi connectivity index (χ3v) is 3.47. The van der Waals surface area contributed by atoms with Crippen LogP contribution in [0.15, 0.2) is 18.2 Å². The number of hydrogen-bond acceptors (Lipinski definition) is 1. The van der Waals surface area contributed by atoms with Crippen LogP contribution in [-0.4, -0.2) is 5.54 Å². The van der Waals surface area contributed by atoms with Crippen LogP contribution in [0.1, 0.15) is 37.3 Å². The van der Waals surface area contributed by atoms with E-state index in [1.54, 1.807) is 0 Å². The van der Waals surface area contributed by atoms with Crippen LogP contribution in [0.3, 0.4) is 0 Å². The fourth-order valence-electron chi connectivity index (χ4n) is 2.38. The van der Waals surface area contributed by atoms with Gasteiger partial charge in [0, 0.05) is 16.5 Å². The number of halogens is 1. The molecule has 0 aromatic heterocycles. The van der Waals surface area contributed by atoms with E-state index in [2.05, 4.69) is 19.9 Å². The first-order chi connectivity index (χ1) is 6.50. The Labute approximate surface area is 90.3 Å². The Morgan fingerprint density at radius 2 is 2.14 bits per heavy atom. The lowest BCUT2D eigenvalue weighted by Gasteiger charge is -2.27. The van der Waals surface area contributed by atoms with Gasteiger partial charge >= 0.3 is 0 Å². The van der Waals surface area contributed by atoms with Gasteiger partial charge in [-0.05, 0) is 43.9 Å². The third kappa shape index (κ3) is 1.55. The summed E-state index contributed by atoms with van der Waals surface area (Å²) < 4.78 is 0. The summed E-state index contributed by atoms with van der Waals surface area (Å²) in [5.74, 6) is 0.455. The van der Waals surface area contributed by atoms with Gasteiger partial charge in [0.15, 0.2) is 0 Å². The van der Waals surface area contributed by atoms with E-state index in [-0.39, 0.29) is 5.54 Å². The van der Waals surface area contributed by atoms with Gasteiger partial charge in [-0.2, -0.15) is 0 Å². The van der Waals surface area contributed by atoms with E-state index in [4.69, 9.17) is 17.3 Å². The Kier molecular flexibility index (Phi) is 2.32. The fraction of sp³-hybridized carbons (Fsp3) is 0.500. The first kappa shape index (κ1) is 10.0. The minimum absolute atomic E-state index is 0.143. The van der Waals surface area contributed by atoms with Crippen molar-refractivity contribution < 1.29 is 0 Å². The largest absolute Gasteiger partial charge is 0.325 e. The van der Waals surface area contributed by atoms with E-state index < -0.39 is 0 Å². The summed E-state index contributed by atoms with van der Waals surface area (Å²) in [7, 11) is 0. The monoisotopic (exact) mass is 209 g/mol. The fourth-order valence-corrected chi connectivity index (χ4v) is 2.66. The second-order valence-corrected chi connectivity index (χ2v) is 5.13. The van der Waals surface area contributed by atoms with Crippen molar-refractivity contribution in [2.45, 2.75) is 38.1 Å². The van der Waals surface area contributed by atoms with E-state index in [0.29, 0.717) is 5.92 Å². The molecule has 1 aromatic carbocycles. The van der Waals surface area contributed by atoms with Gasteiger partial charge in [-0.15, -0.1) is 0 Å². The molecule has 0 heterocycles. The SMILES string of the molecule is CC(C)(N)C1CCc2c(Cl)cccc21. The van der Waals surface area contributed by atoms with E-state index in [0.717, 1.165) is 17.9 Å². The van der Waals surface area contributed by atoms with Gasteiger partial charge in [0.1, 0.15) is 0 Å². The van der Waals surface area contributed by atoms with Crippen molar-refractivity contribution in [2.75, 3.05) is 0 Å². The first-order valence-electron chi connectivity index (χ1n) is 5.06. The molecule has 1 aromatic rings. The van der Waals surface area contributed by atoms with E-state index in [9.17, 15) is 0 Å². The van der Waals surface area contributed by atoms with Gasteiger partial charge in [-0.3, -0.25) is 0 Å². The molecule has 76 valence electrons. The highest BCUT2D eigenvalue weighted by Crippen LogP contribution is 2.41. The number of rotatable bonds is 1. The van der Waals surface area contributed by atoms with Crippen molar-refractivity contribution in [1.29, 1.82) is 0 Å². The summed E-state index contributed by atoms with van der Waals surface area (Å²) in [5.41, 5.74) is 8.67. The number of hydrogen-bond donors (Lipinski definition) is 1. The number of nitrogens with two attached hydrogens (primary N) is 1. The van der Waals surface area contributed by atoms with Crippen molar-refractivity contribution in [1.82, 2.24) is 0 Å². The average Bonchev–Trinajstić information content (AvgIpc) is 2.47. The summed E-state index contributed by atoms with van der Waals surface area (Å²) in [6.07, 6.45) is 2.20. The average molecular weight is 210 g/mol. The zero-order valence-corrected chi connectivity index (χ0v) is 9.43. The van der Waals surface area contributed by atoms with Gasteiger partial charge in [0.05, 0.1) is 0 Å². The van der Waals surface area contributed by atoms with Crippen LogP contribution < -0.4 is 5.73 Å². The summed E-state index contributed by atoms with van der Waals surface area (Å²) in [5, 5.41) is 0.897. The minimum Gasteiger partial charge on any atom is -0.325 e. The van der Waals surface area contributed by atoms with Crippen LogP contribution in [0.5, 0.6) is 0 Å². The maximum absolute atomic E-state index is 6.16. The molecule has 2 heteroatoms. The Morgan fingerprint density at radius 3 is 2.79 bits per heavy atom. The Morgan fingerprint density at radius 1 is 1.43 bits per heavy atom. The molecule has 14 heavy (non-hydrogen) atoms. The lowest BCUT2D eigenvalue weighted by atomic mass is 9.84. The molecule has 1 aliphatic carbocycles. The van der Waals surface area contributed by atoms with Crippen molar-refractivity contribution in [3.8, 4) is 0 Å². The molecule has 1 unspecified atom stereocenters. The van der Waals surface area contributed by atoms with Crippen molar-refractivity contribution in [3.05, 3.63) is 34.3 Å². The van der Waals surface area contributed by atoms with Crippen LogP contribution in [0.2, 0.25) is 5.02 Å². The zero-order valence-electron chi connectivity index (χ0n) is 8.68. The highest BCUT2D eigenvalue weighted by atomic mass is 35.5. The highest BCUT2D eigenvalue weighted by Gasteiger charge is 2.33. The van der Waals surface area contributed by atoms with Gasteiger partial charge < -0.3 is 5.73 Å². The first-order valence-corrected chi connectivity index (χ1v) is 5.44. The predicted octanol–water partition coefficient (Wildman–Crippen LogP) is 3.11. The van der Waals surface area contributed by atoms with Crippen LogP contribution in [0.25, 0.3) is 0 Å². The summed E-state index contributed by atoms with van der Waals surface area (Å²) in [6.45, 7) is 4.18. The predicted molar refractivity (Wildman–Crippen MR) is 60.8 cm³/mol. The standard InChI is InChI=1S/C12H16ClN/c1-12(2,14)10-7-6-9-8(10)4-3-5-11(9)13/h3-5,10H,6-7,14H2,1-2H3. The van der Waals surface area contributed by atoms with Crippen molar-refractivity contribution >= 4 is 11.6 Å². The molecule has 0 aliphatic heterocycles. The zero-order chi connectivity index (χ0) is 10.3. The molecule has 0 spiro atoms. The molecule has 1 aliphatic rings. The normalized spacial score (nSPS) is 21.0. The molecule has 1 atom stereocenters. The minimum atomic E-state index is -0.143. The van der Waals surface area contributed by atoms with E-state index in [1.807, 2.05) is 12.1 Å². The second-order valence-electron chi connectivity index (χ2n) is 4.72. The second kappa shape index (κ2) is 3.25. The van der Waals surface area contributed by atoms with Crippen LogP contribution >= 0.6 is 11.6 Å². The quantitative estimate of drug-likeness (QED) is 0.756. The van der Waals surface area contributed by atoms with E-state index >= 15 is 0 Å². The lowest BCUT2D eigenvalue weighted by molar-refractivity contribution is 0.409. The molecule has 2 rings (SSSR count). The lowest BCUT2D eigenvalue weighted by Crippen LogP contribution is -2.38. The van der Waals surface area contributed by atoms with Crippen LogP contribution in [0, 0.1) is 0 Å². The topological polar surface area (TPSA) is 26.0 Å². The van der Waals surface area contributed by atoms with Crippen molar-refractivity contribution in [3.63, 3.8) is 0 Å². The number of fused-ring (bicyclic) bond motifs is 1. The van der Waals surface area contributed by atoms with Gasteiger partial charge in [-0.1, -0.05) is 23.7 Å². The smallest absolute Gasteiger partial charge is 0.0440 e. The summed E-state index contributed by atoms with van der Waals surface area (Å²) >= 11 is 6.14. The molecule has 0 radical (unpaired) electrons. The van der Waals surface area contributed by atoms with Gasteiger partial charge in [0.2, 0.25) is 0 Å². The highest BCUT2D eigenvalue weighted by molar-refractivity contribution is 6.31. The van der Waals surface area contributed by atoms with Crippen molar-refractivity contribution in [2.24, 2.45) is 5.73 Å². The molecule has 0 saturated heterocycles.